The number of aromatic nitrogens is 3. The molecule has 3 heterocycles. The Morgan fingerprint density at radius 2 is 1.97 bits per heavy atom. The molecule has 0 bridgehead atoms. The topological polar surface area (TPSA) is 68.6 Å². The number of nitrogens with one attached hydrogen (secondary N) is 1. The minimum absolute atomic E-state index is 0.167. The molecule has 2 aromatic heterocycles. The highest BCUT2D eigenvalue weighted by molar-refractivity contribution is 7.99. The molecular formula is C22H28N5O2S+. The molecule has 7 nitrogen and oxygen atoms in total. The molecule has 0 atom stereocenters. The van der Waals surface area contributed by atoms with Crippen LogP contribution in [0.15, 0.2) is 52.2 Å². The second-order valence-corrected chi connectivity index (χ2v) is 8.49. The maximum Gasteiger partial charge on any atom is 0.233 e. The maximum absolute atomic E-state index is 12.7. The number of quaternary nitrogens is 1. The number of benzene rings is 1. The summed E-state index contributed by atoms with van der Waals surface area (Å²) < 4.78 is 7.43. The Morgan fingerprint density at radius 1 is 1.17 bits per heavy atom. The van der Waals surface area contributed by atoms with Crippen molar-refractivity contribution in [2.45, 2.75) is 32.1 Å². The second kappa shape index (κ2) is 9.49. The van der Waals surface area contributed by atoms with E-state index in [1.165, 1.54) is 27.8 Å². The molecule has 1 saturated heterocycles. The van der Waals surface area contributed by atoms with Crippen LogP contribution in [0.2, 0.25) is 0 Å². The van der Waals surface area contributed by atoms with Crippen molar-refractivity contribution >= 4 is 17.7 Å². The van der Waals surface area contributed by atoms with E-state index in [9.17, 15) is 4.79 Å². The summed E-state index contributed by atoms with van der Waals surface area (Å²) in [4.78, 5) is 16.3. The molecule has 0 spiro atoms. The lowest BCUT2D eigenvalue weighted by Crippen LogP contribution is -3.13. The van der Waals surface area contributed by atoms with Crippen LogP contribution in [0.4, 0.5) is 0 Å². The molecule has 0 radical (unpaired) electrons. The minimum Gasteiger partial charge on any atom is -0.461 e. The van der Waals surface area contributed by atoms with Crippen molar-refractivity contribution in [3.8, 4) is 11.6 Å². The first kappa shape index (κ1) is 20.7. The van der Waals surface area contributed by atoms with Gasteiger partial charge in [0, 0.05) is 12.1 Å². The summed E-state index contributed by atoms with van der Waals surface area (Å²) in [6.45, 7) is 9.53. The number of rotatable bonds is 7. The van der Waals surface area contributed by atoms with Crippen molar-refractivity contribution < 1.29 is 14.1 Å². The number of thioether (sulfide) groups is 1. The van der Waals surface area contributed by atoms with Gasteiger partial charge < -0.3 is 14.2 Å². The first-order valence-corrected chi connectivity index (χ1v) is 11.4. The number of carbonyl (C=O) groups excluding carboxylic acids is 1. The van der Waals surface area contributed by atoms with Gasteiger partial charge in [0.05, 0.1) is 38.2 Å². The van der Waals surface area contributed by atoms with E-state index < -0.39 is 0 Å². The number of aryl methyl sites for hydroxylation is 1. The smallest absolute Gasteiger partial charge is 0.233 e. The molecule has 1 fully saturated rings. The lowest BCUT2D eigenvalue weighted by atomic mass is 10.1. The summed E-state index contributed by atoms with van der Waals surface area (Å²) in [5, 5.41) is 9.27. The molecule has 0 unspecified atom stereocenters. The van der Waals surface area contributed by atoms with Crippen LogP contribution < -0.4 is 4.90 Å². The number of amides is 1. The molecule has 0 saturated carbocycles. The highest BCUT2D eigenvalue weighted by atomic mass is 32.2. The monoisotopic (exact) mass is 426 g/mol. The van der Waals surface area contributed by atoms with Crippen molar-refractivity contribution in [2.75, 3.05) is 31.9 Å². The number of hydrogen-bond donors (Lipinski definition) is 1. The van der Waals surface area contributed by atoms with Crippen LogP contribution in [0.3, 0.4) is 0 Å². The average molecular weight is 427 g/mol. The predicted molar refractivity (Wildman–Crippen MR) is 116 cm³/mol. The molecule has 30 heavy (non-hydrogen) atoms. The molecule has 3 aromatic rings. The number of furan rings is 1. The number of nitrogens with zero attached hydrogens (tertiary/aromatic N) is 4. The maximum atomic E-state index is 12.7. The Balaban J connectivity index is 1.29. The summed E-state index contributed by atoms with van der Waals surface area (Å²) in [5.74, 6) is 1.94. The standard InChI is InChI=1S/C22H27N5O2S/c1-3-27-21(19-9-6-14-29-19)23-24-22(27)30-16-20(28)26-12-10-25(11-13-26)15-18-8-5-4-7-17(18)2/h4-9,14H,3,10-13,15-16H2,1-2H3/p+1. The van der Waals surface area contributed by atoms with Crippen LogP contribution in [0.25, 0.3) is 11.6 Å². The summed E-state index contributed by atoms with van der Waals surface area (Å²) in [6, 6.07) is 12.3. The Hall–Kier alpha value is -2.58. The van der Waals surface area contributed by atoms with Gasteiger partial charge in [-0.2, -0.15) is 0 Å². The SMILES string of the molecule is CCn1c(SCC(=O)N2CC[NH+](Cc3ccccc3C)CC2)nnc1-c1ccco1. The second-order valence-electron chi connectivity index (χ2n) is 7.55. The Labute approximate surface area is 181 Å². The van der Waals surface area contributed by atoms with Crippen LogP contribution in [0.5, 0.6) is 0 Å². The molecule has 158 valence electrons. The lowest BCUT2D eigenvalue weighted by molar-refractivity contribution is -0.917. The number of carbonyl (C=O) groups is 1. The predicted octanol–water partition coefficient (Wildman–Crippen LogP) is 1.89. The normalized spacial score (nSPS) is 14.9. The fourth-order valence-corrected chi connectivity index (χ4v) is 4.72. The third kappa shape index (κ3) is 4.60. The van der Waals surface area contributed by atoms with Gasteiger partial charge in [-0.3, -0.25) is 9.36 Å². The van der Waals surface area contributed by atoms with Gasteiger partial charge >= 0.3 is 0 Å². The molecule has 1 aliphatic heterocycles. The number of hydrogen-bond acceptors (Lipinski definition) is 5. The third-order valence-corrected chi connectivity index (χ3v) is 6.58. The molecule has 1 aromatic carbocycles. The highest BCUT2D eigenvalue weighted by Gasteiger charge is 2.25. The van der Waals surface area contributed by atoms with Crippen molar-refractivity contribution in [2.24, 2.45) is 0 Å². The summed E-state index contributed by atoms with van der Waals surface area (Å²) in [7, 11) is 0. The summed E-state index contributed by atoms with van der Waals surface area (Å²) in [5.41, 5.74) is 2.74. The quantitative estimate of drug-likeness (QED) is 0.585. The van der Waals surface area contributed by atoms with E-state index in [1.54, 1.807) is 6.26 Å². The van der Waals surface area contributed by atoms with Gasteiger partial charge in [0.1, 0.15) is 6.54 Å². The van der Waals surface area contributed by atoms with Gasteiger partial charge in [0.15, 0.2) is 16.7 Å². The lowest BCUT2D eigenvalue weighted by Gasteiger charge is -2.32. The van der Waals surface area contributed by atoms with Crippen LogP contribution in [-0.4, -0.2) is 57.5 Å². The first-order chi connectivity index (χ1) is 14.7. The van der Waals surface area contributed by atoms with Gasteiger partial charge in [-0.1, -0.05) is 36.0 Å². The van der Waals surface area contributed by atoms with Crippen molar-refractivity contribution in [3.05, 3.63) is 53.8 Å². The molecule has 1 amide bonds. The van der Waals surface area contributed by atoms with Gasteiger partial charge in [-0.05, 0) is 31.5 Å². The van der Waals surface area contributed by atoms with E-state index in [2.05, 4.69) is 41.4 Å². The number of piperazine rings is 1. The van der Waals surface area contributed by atoms with E-state index >= 15 is 0 Å². The largest absolute Gasteiger partial charge is 0.461 e. The Kier molecular flexibility index (Phi) is 6.54. The van der Waals surface area contributed by atoms with E-state index in [0.29, 0.717) is 17.3 Å². The van der Waals surface area contributed by atoms with E-state index in [-0.39, 0.29) is 5.91 Å². The zero-order chi connectivity index (χ0) is 20.9. The van der Waals surface area contributed by atoms with Crippen molar-refractivity contribution in [3.63, 3.8) is 0 Å². The first-order valence-electron chi connectivity index (χ1n) is 10.4. The van der Waals surface area contributed by atoms with E-state index in [4.69, 9.17) is 4.42 Å². The fourth-order valence-electron chi connectivity index (χ4n) is 3.81. The van der Waals surface area contributed by atoms with E-state index in [1.807, 2.05) is 28.5 Å². The van der Waals surface area contributed by atoms with Crippen LogP contribution in [0, 0.1) is 6.92 Å². The highest BCUT2D eigenvalue weighted by Crippen LogP contribution is 2.24. The minimum atomic E-state index is 0.167. The van der Waals surface area contributed by atoms with Gasteiger partial charge in [0.2, 0.25) is 5.91 Å². The Bertz CT molecular complexity index is 977. The van der Waals surface area contributed by atoms with E-state index in [0.717, 1.165) is 44.4 Å². The summed E-state index contributed by atoms with van der Waals surface area (Å²) >= 11 is 1.45. The zero-order valence-corrected chi connectivity index (χ0v) is 18.3. The van der Waals surface area contributed by atoms with Gasteiger partial charge in [0.25, 0.3) is 0 Å². The van der Waals surface area contributed by atoms with Crippen LogP contribution >= 0.6 is 11.8 Å². The molecule has 0 aliphatic carbocycles. The third-order valence-electron chi connectivity index (χ3n) is 5.62. The molecule has 4 rings (SSSR count). The fraction of sp³-hybridized carbons (Fsp3) is 0.409. The van der Waals surface area contributed by atoms with Crippen molar-refractivity contribution in [1.82, 2.24) is 19.7 Å². The van der Waals surface area contributed by atoms with Gasteiger partial charge in [-0.15, -0.1) is 10.2 Å². The zero-order valence-electron chi connectivity index (χ0n) is 17.5. The molecule has 1 aliphatic rings. The average Bonchev–Trinajstić information content (AvgIpc) is 3.43. The van der Waals surface area contributed by atoms with Crippen LogP contribution in [0.1, 0.15) is 18.1 Å². The molecular weight excluding hydrogens is 398 g/mol. The summed E-state index contributed by atoms with van der Waals surface area (Å²) in [6.07, 6.45) is 1.63. The van der Waals surface area contributed by atoms with Crippen molar-refractivity contribution in [1.29, 1.82) is 0 Å². The molecule has 1 N–H and O–H groups in total. The van der Waals surface area contributed by atoms with Crippen LogP contribution in [-0.2, 0) is 17.9 Å². The Morgan fingerprint density at radius 3 is 2.67 bits per heavy atom. The van der Waals surface area contributed by atoms with Gasteiger partial charge in [-0.25, -0.2) is 0 Å². The molecule has 8 heteroatoms.